The van der Waals surface area contributed by atoms with E-state index in [0.717, 1.165) is 66.7 Å². The smallest absolute Gasteiger partial charge is 0.165 e. The molecule has 0 unspecified atom stereocenters. The molecule has 0 N–H and O–H groups in total. The molecule has 5 rings (SSSR count). The average Bonchev–Trinajstić information content (AvgIpc) is 3.16. The van der Waals surface area contributed by atoms with Gasteiger partial charge in [-0.15, -0.1) is 0 Å². The third-order valence-electron chi connectivity index (χ3n) is 7.23. The number of fused-ring (bicyclic) bond motifs is 1. The van der Waals surface area contributed by atoms with Gasteiger partial charge in [0.25, 0.3) is 0 Å². The Morgan fingerprint density at radius 2 is 1.58 bits per heavy atom. The molecule has 2 aromatic heterocycles. The van der Waals surface area contributed by atoms with Crippen molar-refractivity contribution in [3.8, 4) is 11.1 Å². The summed E-state index contributed by atoms with van der Waals surface area (Å²) in [5.41, 5.74) is 8.64. The maximum Gasteiger partial charge on any atom is 0.165 e. The lowest BCUT2D eigenvalue weighted by Gasteiger charge is -2.36. The van der Waals surface area contributed by atoms with E-state index in [0.29, 0.717) is 0 Å². The molecule has 6 heteroatoms. The van der Waals surface area contributed by atoms with Crippen molar-refractivity contribution < 1.29 is 4.39 Å². The largest absolute Gasteiger partial charge is 0.354 e. The fourth-order valence-corrected chi connectivity index (χ4v) is 5.07. The molecular formula is C30H36FN5. The van der Waals surface area contributed by atoms with E-state index < -0.39 is 0 Å². The van der Waals surface area contributed by atoms with Crippen molar-refractivity contribution in [2.75, 3.05) is 31.1 Å². The lowest BCUT2D eigenvalue weighted by Crippen LogP contribution is -2.46. The number of hydrogen-bond acceptors (Lipinski definition) is 4. The molecule has 2 aromatic carbocycles. The van der Waals surface area contributed by atoms with E-state index in [2.05, 4.69) is 68.7 Å². The Balaban J connectivity index is 1.48. The van der Waals surface area contributed by atoms with E-state index in [-0.39, 0.29) is 11.2 Å². The molecule has 188 valence electrons. The molecule has 1 aliphatic rings. The second kappa shape index (κ2) is 9.32. The zero-order valence-electron chi connectivity index (χ0n) is 22.3. The third-order valence-corrected chi connectivity index (χ3v) is 7.23. The van der Waals surface area contributed by atoms with Crippen molar-refractivity contribution in [2.24, 2.45) is 0 Å². The van der Waals surface area contributed by atoms with Crippen LogP contribution in [0.3, 0.4) is 0 Å². The van der Waals surface area contributed by atoms with Gasteiger partial charge < -0.3 is 4.90 Å². The summed E-state index contributed by atoms with van der Waals surface area (Å²) in [6.45, 7) is 17.8. The Morgan fingerprint density at radius 3 is 2.22 bits per heavy atom. The van der Waals surface area contributed by atoms with Crippen molar-refractivity contribution in [2.45, 2.75) is 53.5 Å². The predicted molar refractivity (Wildman–Crippen MR) is 145 cm³/mol. The first-order valence-corrected chi connectivity index (χ1v) is 12.8. The topological polar surface area (TPSA) is 36.7 Å². The van der Waals surface area contributed by atoms with Gasteiger partial charge in [-0.2, -0.15) is 9.61 Å². The van der Waals surface area contributed by atoms with Crippen LogP contribution in [0.1, 0.15) is 48.8 Å². The first-order chi connectivity index (χ1) is 17.1. The molecule has 3 heterocycles. The number of rotatable bonds is 4. The molecule has 36 heavy (non-hydrogen) atoms. The van der Waals surface area contributed by atoms with Gasteiger partial charge in [-0.05, 0) is 49.6 Å². The average molecular weight is 486 g/mol. The third kappa shape index (κ3) is 4.74. The van der Waals surface area contributed by atoms with E-state index in [4.69, 9.17) is 10.1 Å². The van der Waals surface area contributed by atoms with Crippen molar-refractivity contribution in [1.29, 1.82) is 0 Å². The highest BCUT2D eigenvalue weighted by molar-refractivity contribution is 5.81. The SMILES string of the molecule is Cc1ccc(CN2CCN(c3cc(C(C)(C)C)nc4c(-c5ccc(F)cc5)c(C)nn34)CC2)c(C)c1. The second-order valence-electron chi connectivity index (χ2n) is 11.1. The van der Waals surface area contributed by atoms with Crippen LogP contribution >= 0.6 is 0 Å². The van der Waals surface area contributed by atoms with Gasteiger partial charge in [-0.3, -0.25) is 4.90 Å². The van der Waals surface area contributed by atoms with Crippen LogP contribution in [-0.4, -0.2) is 45.7 Å². The van der Waals surface area contributed by atoms with E-state index >= 15 is 0 Å². The van der Waals surface area contributed by atoms with E-state index in [9.17, 15) is 4.39 Å². The predicted octanol–water partition coefficient (Wildman–Crippen LogP) is 6.08. The Morgan fingerprint density at radius 1 is 0.889 bits per heavy atom. The molecule has 0 spiro atoms. The number of piperazine rings is 1. The highest BCUT2D eigenvalue weighted by atomic mass is 19.1. The van der Waals surface area contributed by atoms with Crippen LogP contribution in [0.25, 0.3) is 16.8 Å². The molecule has 1 aliphatic heterocycles. The summed E-state index contributed by atoms with van der Waals surface area (Å²) in [6, 6.07) is 15.6. The minimum absolute atomic E-state index is 0.112. The minimum atomic E-state index is -0.240. The van der Waals surface area contributed by atoms with Gasteiger partial charge in [0.05, 0.1) is 11.4 Å². The standard InChI is InChI=1S/C30H36FN5/c1-20-7-8-24(21(2)17-20)19-34-13-15-35(16-14-34)27-18-26(30(4,5)6)32-29-28(22(3)33-36(27)29)23-9-11-25(31)12-10-23/h7-12,17-18H,13-16,19H2,1-6H3. The molecule has 0 amide bonds. The van der Waals surface area contributed by atoms with Gasteiger partial charge in [0.15, 0.2) is 5.65 Å². The highest BCUT2D eigenvalue weighted by Crippen LogP contribution is 2.33. The van der Waals surface area contributed by atoms with Crippen LogP contribution in [0.5, 0.6) is 0 Å². The molecule has 1 saturated heterocycles. The van der Waals surface area contributed by atoms with Gasteiger partial charge in [-0.1, -0.05) is 56.7 Å². The maximum atomic E-state index is 13.6. The van der Waals surface area contributed by atoms with Gasteiger partial charge in [0.2, 0.25) is 0 Å². The van der Waals surface area contributed by atoms with Gasteiger partial charge in [0.1, 0.15) is 11.6 Å². The summed E-state index contributed by atoms with van der Waals surface area (Å²) in [5, 5.41) is 4.92. The summed E-state index contributed by atoms with van der Waals surface area (Å²) in [6.07, 6.45) is 0. The molecule has 0 saturated carbocycles. The first-order valence-electron chi connectivity index (χ1n) is 12.8. The van der Waals surface area contributed by atoms with Crippen LogP contribution in [0.4, 0.5) is 10.2 Å². The van der Waals surface area contributed by atoms with Gasteiger partial charge in [0, 0.05) is 49.8 Å². The van der Waals surface area contributed by atoms with E-state index in [1.807, 2.05) is 23.6 Å². The number of benzene rings is 2. The van der Waals surface area contributed by atoms with Gasteiger partial charge in [-0.25, -0.2) is 9.37 Å². The first kappa shape index (κ1) is 24.4. The summed E-state index contributed by atoms with van der Waals surface area (Å²) in [7, 11) is 0. The normalized spacial score (nSPS) is 15.1. The Kier molecular flexibility index (Phi) is 6.33. The molecule has 0 radical (unpaired) electrons. The Hall–Kier alpha value is -3.25. The molecule has 0 aliphatic carbocycles. The fraction of sp³-hybridized carbons (Fsp3) is 0.400. The molecule has 5 nitrogen and oxygen atoms in total. The zero-order valence-corrected chi connectivity index (χ0v) is 22.3. The Bertz CT molecular complexity index is 1390. The summed E-state index contributed by atoms with van der Waals surface area (Å²) in [4.78, 5) is 10.0. The van der Waals surface area contributed by atoms with Crippen molar-refractivity contribution in [1.82, 2.24) is 19.5 Å². The monoisotopic (exact) mass is 485 g/mol. The molecule has 4 aromatic rings. The van der Waals surface area contributed by atoms with Crippen LogP contribution in [0, 0.1) is 26.6 Å². The summed E-state index contributed by atoms with van der Waals surface area (Å²) >= 11 is 0. The van der Waals surface area contributed by atoms with E-state index in [1.165, 1.54) is 28.8 Å². The lowest BCUT2D eigenvalue weighted by molar-refractivity contribution is 0.248. The number of aromatic nitrogens is 3. The quantitative estimate of drug-likeness (QED) is 0.351. The molecule has 0 atom stereocenters. The van der Waals surface area contributed by atoms with Crippen molar-refractivity contribution in [3.05, 3.63) is 82.4 Å². The zero-order chi connectivity index (χ0) is 25.6. The van der Waals surface area contributed by atoms with Crippen LogP contribution < -0.4 is 4.90 Å². The minimum Gasteiger partial charge on any atom is -0.354 e. The number of anilines is 1. The number of nitrogens with zero attached hydrogens (tertiary/aromatic N) is 5. The fourth-order valence-electron chi connectivity index (χ4n) is 5.07. The molecule has 1 fully saturated rings. The number of halogens is 1. The summed E-state index contributed by atoms with van der Waals surface area (Å²) < 4.78 is 15.6. The highest BCUT2D eigenvalue weighted by Gasteiger charge is 2.26. The molecular weight excluding hydrogens is 449 g/mol. The lowest BCUT2D eigenvalue weighted by atomic mass is 9.91. The van der Waals surface area contributed by atoms with Crippen molar-refractivity contribution >= 4 is 11.5 Å². The second-order valence-corrected chi connectivity index (χ2v) is 11.1. The number of hydrogen-bond donors (Lipinski definition) is 0. The molecule has 0 bridgehead atoms. The summed E-state index contributed by atoms with van der Waals surface area (Å²) in [5.74, 6) is 0.836. The van der Waals surface area contributed by atoms with E-state index in [1.54, 1.807) is 0 Å². The van der Waals surface area contributed by atoms with Crippen molar-refractivity contribution in [3.63, 3.8) is 0 Å². The Labute approximate surface area is 213 Å². The van der Waals surface area contributed by atoms with Gasteiger partial charge >= 0.3 is 0 Å². The maximum absolute atomic E-state index is 13.6. The number of aryl methyl sites for hydroxylation is 3. The van der Waals surface area contributed by atoms with Crippen LogP contribution in [0.15, 0.2) is 48.5 Å². The van der Waals surface area contributed by atoms with Crippen LogP contribution in [-0.2, 0) is 12.0 Å². The van der Waals surface area contributed by atoms with Crippen LogP contribution in [0.2, 0.25) is 0 Å².